The molecule has 0 aliphatic carbocycles. The lowest BCUT2D eigenvalue weighted by molar-refractivity contribution is 0.0698. The molecule has 0 aliphatic heterocycles. The predicted molar refractivity (Wildman–Crippen MR) is 64.8 cm³/mol. The zero-order chi connectivity index (χ0) is 12.1. The fourth-order valence-electron chi connectivity index (χ4n) is 1.51. The molecule has 2 rings (SSSR count). The largest absolute Gasteiger partial charge is 0.478 e. The number of carbonyl (C=O) groups is 1. The number of hydrogen-bond donors (Lipinski definition) is 1. The molecule has 0 amide bonds. The van der Waals surface area contributed by atoms with Crippen LogP contribution in [0.1, 0.15) is 29.8 Å². The van der Waals surface area contributed by atoms with Crippen LogP contribution in [0.2, 0.25) is 0 Å². The van der Waals surface area contributed by atoms with Gasteiger partial charge < -0.3 is 5.11 Å². The zero-order valence-electron chi connectivity index (χ0n) is 9.69. The first-order chi connectivity index (χ1) is 7.68. The number of aromatic carboxylic acids is 1. The molecule has 1 heterocycles. The van der Waals surface area contributed by atoms with Gasteiger partial charge >= 0.3 is 5.97 Å². The van der Waals surface area contributed by atoms with Gasteiger partial charge in [-0.25, -0.2) is 4.79 Å². The number of fused-ring (bicyclic) bond motifs is 1. The van der Waals surface area contributed by atoms with Crippen LogP contribution >= 0.6 is 0 Å². The van der Waals surface area contributed by atoms with Crippen molar-refractivity contribution in [3.8, 4) is 0 Å². The minimum Gasteiger partial charge on any atom is -0.478 e. The minimum atomic E-state index is -0.933. The van der Waals surface area contributed by atoms with E-state index in [0.717, 1.165) is 10.9 Å². The SMILES string of the molecule is CC.Cc1cc(C(=O)O)c2ncccc2c1. The smallest absolute Gasteiger partial charge is 0.337 e. The quantitative estimate of drug-likeness (QED) is 0.797. The minimum absolute atomic E-state index is 0.264. The molecule has 0 saturated carbocycles. The first kappa shape index (κ1) is 12.2. The summed E-state index contributed by atoms with van der Waals surface area (Å²) in [6, 6.07) is 7.22. The first-order valence-electron chi connectivity index (χ1n) is 5.27. The molecule has 0 bridgehead atoms. The summed E-state index contributed by atoms with van der Waals surface area (Å²) >= 11 is 0. The average molecular weight is 217 g/mol. The van der Waals surface area contributed by atoms with E-state index in [4.69, 9.17) is 5.11 Å². The Morgan fingerprint density at radius 2 is 2.00 bits per heavy atom. The Morgan fingerprint density at radius 3 is 2.62 bits per heavy atom. The molecule has 0 aliphatic rings. The molecular weight excluding hydrogens is 202 g/mol. The Balaban J connectivity index is 0.000000606. The second kappa shape index (κ2) is 5.26. The van der Waals surface area contributed by atoms with E-state index in [-0.39, 0.29) is 5.56 Å². The van der Waals surface area contributed by atoms with E-state index in [1.165, 1.54) is 0 Å². The average Bonchev–Trinajstić information content (AvgIpc) is 2.30. The molecule has 3 nitrogen and oxygen atoms in total. The summed E-state index contributed by atoms with van der Waals surface area (Å²) < 4.78 is 0. The van der Waals surface area contributed by atoms with Crippen LogP contribution in [0, 0.1) is 6.92 Å². The molecule has 0 fully saturated rings. The topological polar surface area (TPSA) is 50.2 Å². The van der Waals surface area contributed by atoms with Crippen LogP contribution in [-0.4, -0.2) is 16.1 Å². The van der Waals surface area contributed by atoms with E-state index in [1.807, 2.05) is 32.9 Å². The lowest BCUT2D eigenvalue weighted by Gasteiger charge is -2.02. The Hall–Kier alpha value is -1.90. The number of nitrogens with zero attached hydrogens (tertiary/aromatic N) is 1. The van der Waals surface area contributed by atoms with Crippen molar-refractivity contribution < 1.29 is 9.90 Å². The van der Waals surface area contributed by atoms with Crippen LogP contribution in [0.15, 0.2) is 30.5 Å². The maximum atomic E-state index is 10.9. The second-order valence-electron chi connectivity index (χ2n) is 3.19. The van der Waals surface area contributed by atoms with E-state index >= 15 is 0 Å². The third kappa shape index (κ3) is 2.37. The fraction of sp³-hybridized carbons (Fsp3) is 0.231. The molecule has 16 heavy (non-hydrogen) atoms. The van der Waals surface area contributed by atoms with Gasteiger partial charge in [0.1, 0.15) is 0 Å². The fourth-order valence-corrected chi connectivity index (χ4v) is 1.51. The summed E-state index contributed by atoms with van der Waals surface area (Å²) in [5, 5.41) is 9.83. The number of rotatable bonds is 1. The highest BCUT2D eigenvalue weighted by Crippen LogP contribution is 2.18. The number of aromatic nitrogens is 1. The van der Waals surface area contributed by atoms with Crippen LogP contribution in [0.3, 0.4) is 0 Å². The molecule has 2 aromatic rings. The maximum Gasteiger partial charge on any atom is 0.337 e. The molecule has 84 valence electrons. The summed E-state index contributed by atoms with van der Waals surface area (Å²) in [5.74, 6) is -0.933. The van der Waals surface area contributed by atoms with E-state index in [0.29, 0.717) is 5.52 Å². The van der Waals surface area contributed by atoms with E-state index < -0.39 is 5.97 Å². The van der Waals surface area contributed by atoms with Crippen molar-refractivity contribution in [1.82, 2.24) is 4.98 Å². The van der Waals surface area contributed by atoms with E-state index in [2.05, 4.69) is 4.98 Å². The van der Waals surface area contributed by atoms with Gasteiger partial charge in [0, 0.05) is 11.6 Å². The molecule has 0 radical (unpaired) electrons. The number of hydrogen-bond acceptors (Lipinski definition) is 2. The van der Waals surface area contributed by atoms with Gasteiger partial charge in [0.15, 0.2) is 0 Å². The van der Waals surface area contributed by atoms with Gasteiger partial charge in [-0.15, -0.1) is 0 Å². The molecule has 1 N–H and O–H groups in total. The molecule has 3 heteroatoms. The van der Waals surface area contributed by atoms with Crippen LogP contribution in [0.25, 0.3) is 10.9 Å². The van der Waals surface area contributed by atoms with Gasteiger partial charge in [-0.2, -0.15) is 0 Å². The molecule has 0 saturated heterocycles. The van der Waals surface area contributed by atoms with Crippen LogP contribution in [-0.2, 0) is 0 Å². The molecule has 0 atom stereocenters. The lowest BCUT2D eigenvalue weighted by Crippen LogP contribution is -1.99. The predicted octanol–water partition coefficient (Wildman–Crippen LogP) is 3.27. The molecule has 0 spiro atoms. The highest BCUT2D eigenvalue weighted by atomic mass is 16.4. The normalized spacial score (nSPS) is 9.44. The van der Waals surface area contributed by atoms with Gasteiger partial charge in [0.05, 0.1) is 11.1 Å². The van der Waals surface area contributed by atoms with Crippen LogP contribution in [0.5, 0.6) is 0 Å². The van der Waals surface area contributed by atoms with Crippen molar-refractivity contribution >= 4 is 16.9 Å². The summed E-state index contributed by atoms with van der Waals surface area (Å²) in [5.41, 5.74) is 1.74. The van der Waals surface area contributed by atoms with Crippen molar-refractivity contribution in [1.29, 1.82) is 0 Å². The van der Waals surface area contributed by atoms with Crippen molar-refractivity contribution in [3.05, 3.63) is 41.6 Å². The van der Waals surface area contributed by atoms with Crippen molar-refractivity contribution in [2.75, 3.05) is 0 Å². The number of pyridine rings is 1. The number of carboxylic acid groups (broad SMARTS) is 1. The third-order valence-electron chi connectivity index (χ3n) is 2.08. The summed E-state index contributed by atoms with van der Waals surface area (Å²) in [4.78, 5) is 15.0. The Kier molecular flexibility index (Phi) is 4.00. The summed E-state index contributed by atoms with van der Waals surface area (Å²) in [6.45, 7) is 5.87. The Morgan fingerprint density at radius 1 is 1.31 bits per heavy atom. The Bertz CT molecular complexity index is 506. The number of carboxylic acids is 1. The van der Waals surface area contributed by atoms with Gasteiger partial charge in [-0.1, -0.05) is 19.9 Å². The van der Waals surface area contributed by atoms with Crippen LogP contribution < -0.4 is 0 Å². The Labute approximate surface area is 94.8 Å². The van der Waals surface area contributed by atoms with Gasteiger partial charge in [-0.05, 0) is 30.7 Å². The highest BCUT2D eigenvalue weighted by Gasteiger charge is 2.09. The summed E-state index contributed by atoms with van der Waals surface area (Å²) in [7, 11) is 0. The van der Waals surface area contributed by atoms with Crippen LogP contribution in [0.4, 0.5) is 0 Å². The van der Waals surface area contributed by atoms with Crippen molar-refractivity contribution in [3.63, 3.8) is 0 Å². The molecule has 1 aromatic carbocycles. The van der Waals surface area contributed by atoms with Crippen molar-refractivity contribution in [2.24, 2.45) is 0 Å². The van der Waals surface area contributed by atoms with Gasteiger partial charge in [-0.3, -0.25) is 4.98 Å². The zero-order valence-corrected chi connectivity index (χ0v) is 9.69. The van der Waals surface area contributed by atoms with Gasteiger partial charge in [0.2, 0.25) is 0 Å². The lowest BCUT2D eigenvalue weighted by atomic mass is 10.1. The van der Waals surface area contributed by atoms with Crippen molar-refractivity contribution in [2.45, 2.75) is 20.8 Å². The standard InChI is InChI=1S/C11H9NO2.C2H6/c1-7-5-8-3-2-4-12-10(8)9(6-7)11(13)14;1-2/h2-6H,1H3,(H,13,14);1-2H3. The van der Waals surface area contributed by atoms with E-state index in [1.54, 1.807) is 18.3 Å². The maximum absolute atomic E-state index is 10.9. The summed E-state index contributed by atoms with van der Waals surface area (Å²) in [6.07, 6.45) is 1.60. The van der Waals surface area contributed by atoms with Gasteiger partial charge in [0.25, 0.3) is 0 Å². The van der Waals surface area contributed by atoms with E-state index in [9.17, 15) is 4.79 Å². The third-order valence-corrected chi connectivity index (χ3v) is 2.08. The molecule has 0 unspecified atom stereocenters. The highest BCUT2D eigenvalue weighted by molar-refractivity contribution is 6.01. The first-order valence-corrected chi connectivity index (χ1v) is 5.27. The molecular formula is C13H15NO2. The number of benzene rings is 1. The number of aryl methyl sites for hydroxylation is 1. The monoisotopic (exact) mass is 217 g/mol. The molecule has 1 aromatic heterocycles. The second-order valence-corrected chi connectivity index (χ2v) is 3.19.